The maximum absolute atomic E-state index is 13.7. The van der Waals surface area contributed by atoms with Gasteiger partial charge in [-0.2, -0.15) is 9.37 Å². The van der Waals surface area contributed by atoms with Crippen LogP contribution in [0.2, 0.25) is 0 Å². The van der Waals surface area contributed by atoms with Crippen molar-refractivity contribution in [3.8, 4) is 0 Å². The number of nitrogens with zero attached hydrogens (tertiary/aromatic N) is 5. The summed E-state index contributed by atoms with van der Waals surface area (Å²) in [4.78, 5) is 8.55. The van der Waals surface area contributed by atoms with Gasteiger partial charge in [0.1, 0.15) is 5.52 Å². The standard InChI is InChI=1S/C14H21FN5P/c1-10-5-7-19(9-21)8-12(10)18(2)13-11-4-3-6-20(11)17-14(15)16-13/h3-4,6,10,12H,5,7-9,21H2,1-2H3/t10-,12+/m1/s1. The molecule has 3 atom stereocenters. The number of piperidine rings is 1. The van der Waals surface area contributed by atoms with E-state index in [2.05, 4.69) is 36.0 Å². The topological polar surface area (TPSA) is 36.7 Å². The summed E-state index contributed by atoms with van der Waals surface area (Å²) in [7, 11) is 4.78. The zero-order valence-corrected chi connectivity index (χ0v) is 13.6. The molecule has 2 aromatic heterocycles. The number of halogens is 1. The maximum Gasteiger partial charge on any atom is 0.327 e. The van der Waals surface area contributed by atoms with E-state index >= 15 is 0 Å². The minimum Gasteiger partial charge on any atom is -0.353 e. The summed E-state index contributed by atoms with van der Waals surface area (Å²) >= 11 is 0. The second kappa shape index (κ2) is 5.85. The predicted molar refractivity (Wildman–Crippen MR) is 85.1 cm³/mol. The summed E-state index contributed by atoms with van der Waals surface area (Å²) in [5, 5.41) is 3.77. The quantitative estimate of drug-likeness (QED) is 0.811. The van der Waals surface area contributed by atoms with Crippen molar-refractivity contribution < 1.29 is 4.39 Å². The Bertz CT molecular complexity index is 631. The third-order valence-electron chi connectivity index (χ3n) is 4.44. The van der Waals surface area contributed by atoms with Crippen LogP contribution in [0.4, 0.5) is 10.2 Å². The molecule has 7 heteroatoms. The summed E-state index contributed by atoms with van der Waals surface area (Å²) in [6.07, 6.45) is 3.17. The first-order valence-corrected chi connectivity index (χ1v) is 8.08. The largest absolute Gasteiger partial charge is 0.353 e. The zero-order valence-electron chi connectivity index (χ0n) is 12.4. The number of anilines is 1. The number of hydrogen-bond acceptors (Lipinski definition) is 4. The summed E-state index contributed by atoms with van der Waals surface area (Å²) < 4.78 is 15.2. The highest BCUT2D eigenvalue weighted by Crippen LogP contribution is 2.27. The molecule has 1 aliphatic heterocycles. The van der Waals surface area contributed by atoms with Crippen molar-refractivity contribution in [3.63, 3.8) is 0 Å². The fraction of sp³-hybridized carbons (Fsp3) is 0.571. The number of likely N-dealkylation sites (tertiary alicyclic amines) is 1. The summed E-state index contributed by atoms with van der Waals surface area (Å²) in [5.41, 5.74) is 0.842. The van der Waals surface area contributed by atoms with E-state index in [9.17, 15) is 4.39 Å². The molecule has 1 fully saturated rings. The van der Waals surface area contributed by atoms with Gasteiger partial charge in [-0.05, 0) is 31.0 Å². The molecule has 5 nitrogen and oxygen atoms in total. The Morgan fingerprint density at radius 2 is 2.33 bits per heavy atom. The number of rotatable bonds is 3. The molecule has 114 valence electrons. The van der Waals surface area contributed by atoms with E-state index in [0.29, 0.717) is 17.8 Å². The van der Waals surface area contributed by atoms with Gasteiger partial charge in [0, 0.05) is 32.1 Å². The number of fused-ring (bicyclic) bond motifs is 1. The van der Waals surface area contributed by atoms with Crippen LogP contribution in [0, 0.1) is 12.0 Å². The van der Waals surface area contributed by atoms with Gasteiger partial charge in [-0.15, -0.1) is 14.3 Å². The van der Waals surface area contributed by atoms with E-state index in [4.69, 9.17) is 0 Å². The molecule has 1 unspecified atom stereocenters. The van der Waals surface area contributed by atoms with Crippen LogP contribution in [0.25, 0.3) is 5.52 Å². The molecular weight excluding hydrogens is 288 g/mol. The second-order valence-electron chi connectivity index (χ2n) is 5.75. The average molecular weight is 309 g/mol. The van der Waals surface area contributed by atoms with Crippen LogP contribution in [0.15, 0.2) is 18.3 Å². The van der Waals surface area contributed by atoms with E-state index < -0.39 is 6.08 Å². The zero-order chi connectivity index (χ0) is 15.0. The van der Waals surface area contributed by atoms with Crippen LogP contribution in [0.1, 0.15) is 13.3 Å². The van der Waals surface area contributed by atoms with Crippen LogP contribution < -0.4 is 4.90 Å². The second-order valence-corrected chi connectivity index (χ2v) is 6.11. The molecule has 0 amide bonds. The van der Waals surface area contributed by atoms with E-state index in [0.717, 1.165) is 31.3 Å². The lowest BCUT2D eigenvalue weighted by atomic mass is 9.92. The van der Waals surface area contributed by atoms with Crippen LogP contribution >= 0.6 is 9.24 Å². The van der Waals surface area contributed by atoms with Crippen LogP contribution in [0.5, 0.6) is 0 Å². The van der Waals surface area contributed by atoms with E-state index in [1.54, 1.807) is 10.7 Å². The van der Waals surface area contributed by atoms with Crippen molar-refractivity contribution in [1.82, 2.24) is 19.5 Å². The first kappa shape index (κ1) is 14.7. The summed E-state index contributed by atoms with van der Waals surface area (Å²) in [5.74, 6) is 1.21. The van der Waals surface area contributed by atoms with Crippen molar-refractivity contribution in [2.45, 2.75) is 19.4 Å². The number of hydrogen-bond donors (Lipinski definition) is 0. The Morgan fingerprint density at radius 3 is 3.10 bits per heavy atom. The lowest BCUT2D eigenvalue weighted by Crippen LogP contribution is -2.50. The minimum absolute atomic E-state index is 0.326. The van der Waals surface area contributed by atoms with Gasteiger partial charge in [0.25, 0.3) is 0 Å². The summed E-state index contributed by atoms with van der Waals surface area (Å²) in [6.45, 7) is 4.35. The van der Waals surface area contributed by atoms with Crippen LogP contribution in [0.3, 0.4) is 0 Å². The van der Waals surface area contributed by atoms with E-state index in [1.807, 2.05) is 19.2 Å². The lowest BCUT2D eigenvalue weighted by molar-refractivity contribution is 0.189. The van der Waals surface area contributed by atoms with Crippen molar-refractivity contribution in [2.75, 3.05) is 31.3 Å². The van der Waals surface area contributed by atoms with Crippen molar-refractivity contribution in [1.29, 1.82) is 0 Å². The highest BCUT2D eigenvalue weighted by molar-refractivity contribution is 7.16. The van der Waals surface area contributed by atoms with Crippen LogP contribution in [-0.4, -0.2) is 52.0 Å². The molecule has 0 N–H and O–H groups in total. The maximum atomic E-state index is 13.7. The first-order valence-electron chi connectivity index (χ1n) is 7.26. The van der Waals surface area contributed by atoms with Crippen molar-refractivity contribution in [2.24, 2.45) is 5.92 Å². The fourth-order valence-corrected chi connectivity index (χ4v) is 3.43. The molecule has 1 aliphatic rings. The van der Waals surface area contributed by atoms with Gasteiger partial charge in [-0.3, -0.25) is 4.90 Å². The molecule has 0 aliphatic carbocycles. The van der Waals surface area contributed by atoms with Crippen molar-refractivity contribution >= 4 is 20.6 Å². The van der Waals surface area contributed by atoms with Crippen molar-refractivity contribution in [3.05, 3.63) is 24.4 Å². The fourth-order valence-electron chi connectivity index (χ4n) is 3.09. The first-order chi connectivity index (χ1) is 10.1. The molecule has 0 saturated carbocycles. The van der Waals surface area contributed by atoms with Gasteiger partial charge in [-0.1, -0.05) is 6.92 Å². The van der Waals surface area contributed by atoms with Gasteiger partial charge in [0.2, 0.25) is 0 Å². The lowest BCUT2D eigenvalue weighted by Gasteiger charge is -2.41. The molecule has 2 aromatic rings. The third-order valence-corrected chi connectivity index (χ3v) is 4.95. The van der Waals surface area contributed by atoms with Gasteiger partial charge in [0.05, 0.1) is 0 Å². The van der Waals surface area contributed by atoms with E-state index in [-0.39, 0.29) is 0 Å². The molecule has 0 radical (unpaired) electrons. The van der Waals surface area contributed by atoms with E-state index in [1.165, 1.54) is 0 Å². The Hall–Kier alpha value is -1.26. The van der Waals surface area contributed by atoms with Gasteiger partial charge < -0.3 is 4.90 Å². The number of likely N-dealkylation sites (N-methyl/N-ethyl adjacent to an activating group) is 1. The molecule has 0 bridgehead atoms. The molecule has 0 spiro atoms. The van der Waals surface area contributed by atoms with Gasteiger partial charge in [0.15, 0.2) is 5.82 Å². The van der Waals surface area contributed by atoms with Gasteiger partial charge in [-0.25, -0.2) is 4.52 Å². The molecule has 3 rings (SSSR count). The smallest absolute Gasteiger partial charge is 0.327 e. The Balaban J connectivity index is 1.95. The van der Waals surface area contributed by atoms with Gasteiger partial charge >= 0.3 is 6.08 Å². The minimum atomic E-state index is -0.688. The highest BCUT2D eigenvalue weighted by atomic mass is 31.0. The van der Waals surface area contributed by atoms with Crippen LogP contribution in [-0.2, 0) is 0 Å². The average Bonchev–Trinajstić information content (AvgIpc) is 2.94. The number of aromatic nitrogens is 3. The Morgan fingerprint density at radius 1 is 1.52 bits per heavy atom. The summed E-state index contributed by atoms with van der Waals surface area (Å²) in [6, 6.07) is 4.11. The SMILES string of the molecule is C[C@@H]1CCN(CP)C[C@@H]1N(C)c1nc(F)nn2cccc12. The predicted octanol–water partition coefficient (Wildman–Crippen LogP) is 1.85. The monoisotopic (exact) mass is 309 g/mol. The Kier molecular flexibility index (Phi) is 4.09. The third kappa shape index (κ3) is 2.74. The molecule has 3 heterocycles. The Labute approximate surface area is 126 Å². The highest BCUT2D eigenvalue weighted by Gasteiger charge is 2.30. The molecular formula is C14H21FN5P. The normalized spacial score (nSPS) is 23.6. The molecule has 1 saturated heterocycles. The molecule has 0 aromatic carbocycles. The molecule has 21 heavy (non-hydrogen) atoms.